The molecule has 1 amide bonds. The lowest BCUT2D eigenvalue weighted by atomic mass is 9.89. The van der Waals surface area contributed by atoms with E-state index in [0.29, 0.717) is 16.6 Å². The first-order chi connectivity index (χ1) is 11.5. The second-order valence-electron chi connectivity index (χ2n) is 5.94. The molecule has 7 heteroatoms. The Morgan fingerprint density at radius 3 is 2.83 bits per heavy atom. The van der Waals surface area contributed by atoms with E-state index >= 15 is 0 Å². The first-order valence-corrected chi connectivity index (χ1v) is 8.81. The molecule has 0 saturated carbocycles. The van der Waals surface area contributed by atoms with Crippen LogP contribution in [0.3, 0.4) is 0 Å². The zero-order chi connectivity index (χ0) is 17.3. The number of nitrogens with zero attached hydrogens (tertiary/aromatic N) is 2. The third-order valence-electron chi connectivity index (χ3n) is 4.47. The molecule has 3 rings (SSSR count). The van der Waals surface area contributed by atoms with Crippen molar-refractivity contribution in [3.05, 3.63) is 39.7 Å². The van der Waals surface area contributed by atoms with Crippen molar-refractivity contribution >= 4 is 28.3 Å². The van der Waals surface area contributed by atoms with E-state index in [2.05, 4.69) is 22.2 Å². The summed E-state index contributed by atoms with van der Waals surface area (Å²) in [5, 5.41) is 12.5. The van der Waals surface area contributed by atoms with Gasteiger partial charge in [0, 0.05) is 23.2 Å². The number of aryl methyl sites for hydroxylation is 1. The predicted octanol–water partition coefficient (Wildman–Crippen LogP) is 3.63. The molecule has 1 aliphatic rings. The zero-order valence-electron chi connectivity index (χ0n) is 13.6. The first kappa shape index (κ1) is 16.6. The van der Waals surface area contributed by atoms with Crippen molar-refractivity contribution in [3.8, 4) is 0 Å². The minimum absolute atomic E-state index is 0.0344. The number of thiazole rings is 1. The van der Waals surface area contributed by atoms with Gasteiger partial charge in [-0.3, -0.25) is 15.1 Å². The van der Waals surface area contributed by atoms with Gasteiger partial charge in [-0.05, 0) is 38.2 Å². The van der Waals surface area contributed by atoms with Crippen LogP contribution in [-0.2, 0) is 6.42 Å². The molecule has 0 radical (unpaired) electrons. The largest absolute Gasteiger partial charge is 0.478 e. The lowest BCUT2D eigenvalue weighted by Gasteiger charge is -2.18. The molecule has 24 heavy (non-hydrogen) atoms. The molecule has 2 aromatic heterocycles. The van der Waals surface area contributed by atoms with Gasteiger partial charge in [-0.25, -0.2) is 9.78 Å². The summed E-state index contributed by atoms with van der Waals surface area (Å²) in [4.78, 5) is 33.4. The SMILES string of the molecule is CCC1CCCc2sc(NC(=O)c3cncc(C(=O)O)c3C)nc21. The number of hydrogen-bond donors (Lipinski definition) is 2. The Bertz CT molecular complexity index is 800. The fourth-order valence-corrected chi connectivity index (χ4v) is 4.18. The van der Waals surface area contributed by atoms with Crippen molar-refractivity contribution in [2.75, 3.05) is 5.32 Å². The smallest absolute Gasteiger partial charge is 0.337 e. The number of hydrogen-bond acceptors (Lipinski definition) is 5. The summed E-state index contributed by atoms with van der Waals surface area (Å²) in [6.45, 7) is 3.77. The number of pyridine rings is 1. The molecule has 6 nitrogen and oxygen atoms in total. The average Bonchev–Trinajstić information content (AvgIpc) is 2.96. The van der Waals surface area contributed by atoms with Gasteiger partial charge in [0.2, 0.25) is 0 Å². The Morgan fingerprint density at radius 2 is 2.12 bits per heavy atom. The van der Waals surface area contributed by atoms with Crippen LogP contribution in [0.25, 0.3) is 0 Å². The first-order valence-electron chi connectivity index (χ1n) is 8.00. The summed E-state index contributed by atoms with van der Waals surface area (Å²) in [6.07, 6.45) is 7.00. The molecular weight excluding hydrogens is 326 g/mol. The maximum Gasteiger partial charge on any atom is 0.337 e. The number of aromatic nitrogens is 2. The fourth-order valence-electron chi connectivity index (χ4n) is 3.09. The Balaban J connectivity index is 1.85. The summed E-state index contributed by atoms with van der Waals surface area (Å²) in [5.41, 5.74) is 1.81. The fraction of sp³-hybridized carbons (Fsp3) is 0.412. The summed E-state index contributed by atoms with van der Waals surface area (Å²) in [7, 11) is 0. The van der Waals surface area contributed by atoms with Crippen LogP contribution in [0.5, 0.6) is 0 Å². The van der Waals surface area contributed by atoms with E-state index in [0.717, 1.165) is 31.4 Å². The number of carboxylic acids is 1. The van der Waals surface area contributed by atoms with E-state index in [4.69, 9.17) is 5.11 Å². The molecule has 2 heterocycles. The number of carbonyl (C=O) groups excluding carboxylic acids is 1. The molecule has 1 unspecified atom stereocenters. The van der Waals surface area contributed by atoms with Crippen LogP contribution >= 0.6 is 11.3 Å². The van der Waals surface area contributed by atoms with E-state index in [1.165, 1.54) is 28.6 Å². The van der Waals surface area contributed by atoms with Gasteiger partial charge < -0.3 is 5.11 Å². The molecule has 0 spiro atoms. The van der Waals surface area contributed by atoms with Gasteiger partial charge in [0.05, 0.1) is 16.8 Å². The second kappa shape index (κ2) is 6.68. The average molecular weight is 345 g/mol. The molecule has 2 N–H and O–H groups in total. The number of aromatic carboxylic acids is 1. The minimum atomic E-state index is -1.09. The Hall–Kier alpha value is -2.28. The summed E-state index contributed by atoms with van der Waals surface area (Å²) in [6, 6.07) is 0. The van der Waals surface area contributed by atoms with Crippen LogP contribution < -0.4 is 5.32 Å². The van der Waals surface area contributed by atoms with Crippen LogP contribution in [0, 0.1) is 6.92 Å². The summed E-state index contributed by atoms with van der Waals surface area (Å²) >= 11 is 1.51. The van der Waals surface area contributed by atoms with Gasteiger partial charge in [0.15, 0.2) is 5.13 Å². The van der Waals surface area contributed by atoms with Gasteiger partial charge in [0.1, 0.15) is 0 Å². The van der Waals surface area contributed by atoms with Crippen LogP contribution in [-0.4, -0.2) is 27.0 Å². The van der Waals surface area contributed by atoms with E-state index in [1.54, 1.807) is 6.92 Å². The number of fused-ring (bicyclic) bond motifs is 1. The quantitative estimate of drug-likeness (QED) is 0.883. The van der Waals surface area contributed by atoms with E-state index in [-0.39, 0.29) is 17.0 Å². The highest BCUT2D eigenvalue weighted by Crippen LogP contribution is 2.38. The molecule has 0 bridgehead atoms. The third-order valence-corrected chi connectivity index (χ3v) is 5.52. The number of anilines is 1. The van der Waals surface area contributed by atoms with Crippen molar-refractivity contribution in [2.24, 2.45) is 0 Å². The van der Waals surface area contributed by atoms with Crippen LogP contribution in [0.1, 0.15) is 69.0 Å². The van der Waals surface area contributed by atoms with Gasteiger partial charge >= 0.3 is 5.97 Å². The summed E-state index contributed by atoms with van der Waals surface area (Å²) < 4.78 is 0. The normalized spacial score (nSPS) is 16.5. The maximum absolute atomic E-state index is 12.5. The van der Waals surface area contributed by atoms with Crippen molar-refractivity contribution < 1.29 is 14.7 Å². The predicted molar refractivity (Wildman–Crippen MR) is 92.0 cm³/mol. The van der Waals surface area contributed by atoms with E-state index < -0.39 is 5.97 Å². The van der Waals surface area contributed by atoms with Crippen LogP contribution in [0.15, 0.2) is 12.4 Å². The van der Waals surface area contributed by atoms with Gasteiger partial charge in [-0.1, -0.05) is 6.92 Å². The number of amides is 1. The molecule has 1 aliphatic carbocycles. The summed E-state index contributed by atoms with van der Waals surface area (Å²) in [5.74, 6) is -0.998. The molecular formula is C17H19N3O3S. The van der Waals surface area contributed by atoms with E-state index in [1.807, 2.05) is 0 Å². The molecule has 0 saturated heterocycles. The standard InChI is InChI=1S/C17H19N3O3S/c1-3-10-5-4-6-13-14(10)19-17(24-13)20-15(21)11-7-18-8-12(9(11)2)16(22)23/h7-8,10H,3-6H2,1-2H3,(H,22,23)(H,19,20,21). The lowest BCUT2D eigenvalue weighted by Crippen LogP contribution is -2.16. The second-order valence-corrected chi connectivity index (χ2v) is 7.03. The number of carbonyl (C=O) groups is 2. The monoisotopic (exact) mass is 345 g/mol. The topological polar surface area (TPSA) is 92.2 Å². The molecule has 0 fully saturated rings. The highest BCUT2D eigenvalue weighted by molar-refractivity contribution is 7.15. The molecule has 0 aromatic carbocycles. The van der Waals surface area contributed by atoms with Crippen LogP contribution in [0.4, 0.5) is 5.13 Å². The molecule has 126 valence electrons. The number of carboxylic acid groups (broad SMARTS) is 1. The Labute approximate surface area is 144 Å². The van der Waals surface area contributed by atoms with Gasteiger partial charge in [-0.15, -0.1) is 11.3 Å². The Morgan fingerprint density at radius 1 is 1.38 bits per heavy atom. The highest BCUT2D eigenvalue weighted by atomic mass is 32.1. The number of nitrogens with one attached hydrogen (secondary N) is 1. The zero-order valence-corrected chi connectivity index (χ0v) is 14.4. The number of rotatable bonds is 4. The van der Waals surface area contributed by atoms with Crippen molar-refractivity contribution in [1.82, 2.24) is 9.97 Å². The molecule has 2 aromatic rings. The lowest BCUT2D eigenvalue weighted by molar-refractivity contribution is 0.0695. The Kier molecular flexibility index (Phi) is 4.62. The minimum Gasteiger partial charge on any atom is -0.478 e. The third kappa shape index (κ3) is 3.03. The van der Waals surface area contributed by atoms with Crippen molar-refractivity contribution in [2.45, 2.75) is 45.4 Å². The van der Waals surface area contributed by atoms with Gasteiger partial charge in [0.25, 0.3) is 5.91 Å². The molecule has 0 aliphatic heterocycles. The van der Waals surface area contributed by atoms with Gasteiger partial charge in [-0.2, -0.15) is 0 Å². The van der Waals surface area contributed by atoms with Crippen LogP contribution in [0.2, 0.25) is 0 Å². The van der Waals surface area contributed by atoms with Crippen molar-refractivity contribution in [1.29, 1.82) is 0 Å². The highest BCUT2D eigenvalue weighted by Gasteiger charge is 2.24. The van der Waals surface area contributed by atoms with Crippen molar-refractivity contribution in [3.63, 3.8) is 0 Å². The maximum atomic E-state index is 12.5. The van der Waals surface area contributed by atoms with E-state index in [9.17, 15) is 9.59 Å². The molecule has 1 atom stereocenters.